The van der Waals surface area contributed by atoms with Crippen LogP contribution in [0.3, 0.4) is 0 Å². The molecule has 3 rings (SSSR count). The Bertz CT molecular complexity index is 725. The summed E-state index contributed by atoms with van der Waals surface area (Å²) in [4.78, 5) is 14.8. The molecule has 2 aromatic rings. The van der Waals surface area contributed by atoms with E-state index in [2.05, 4.69) is 17.1 Å². The normalized spacial score (nSPS) is 18.9. The van der Waals surface area contributed by atoms with Crippen LogP contribution < -0.4 is 5.32 Å². The lowest BCUT2D eigenvalue weighted by Gasteiger charge is -2.33. The van der Waals surface area contributed by atoms with Crippen molar-refractivity contribution in [1.29, 1.82) is 0 Å². The van der Waals surface area contributed by atoms with Gasteiger partial charge in [0.05, 0.1) is 0 Å². The van der Waals surface area contributed by atoms with E-state index < -0.39 is 5.82 Å². The third-order valence-corrected chi connectivity index (χ3v) is 4.97. The van der Waals surface area contributed by atoms with Crippen LogP contribution in [0.4, 0.5) is 4.39 Å². The van der Waals surface area contributed by atoms with Crippen molar-refractivity contribution < 1.29 is 13.6 Å². The van der Waals surface area contributed by atoms with Crippen molar-refractivity contribution >= 4 is 16.9 Å². The molecule has 0 aliphatic carbocycles. The molecule has 130 valence electrons. The molecule has 1 aliphatic rings. The lowest BCUT2D eigenvalue weighted by atomic mass is 10.0. The minimum absolute atomic E-state index is 0.155. The van der Waals surface area contributed by atoms with Crippen LogP contribution in [0.15, 0.2) is 22.6 Å². The van der Waals surface area contributed by atoms with Crippen LogP contribution in [0.1, 0.15) is 48.7 Å². The number of fused-ring (bicyclic) bond motifs is 1. The SMILES string of the molecule is Cc1c(C(=O)NCCCN2CCCC[C@@H]2C)oc2c(F)cccc12. The van der Waals surface area contributed by atoms with Gasteiger partial charge in [-0.15, -0.1) is 0 Å². The van der Waals surface area contributed by atoms with Crippen LogP contribution in [0.5, 0.6) is 0 Å². The van der Waals surface area contributed by atoms with Gasteiger partial charge in [0.1, 0.15) is 0 Å². The molecule has 1 aliphatic heterocycles. The zero-order valence-corrected chi connectivity index (χ0v) is 14.4. The van der Waals surface area contributed by atoms with Crippen molar-refractivity contribution in [2.45, 2.75) is 45.6 Å². The number of halogens is 1. The van der Waals surface area contributed by atoms with Gasteiger partial charge in [0, 0.05) is 30.1 Å². The Hall–Kier alpha value is -1.88. The van der Waals surface area contributed by atoms with Gasteiger partial charge in [0.25, 0.3) is 5.91 Å². The van der Waals surface area contributed by atoms with E-state index >= 15 is 0 Å². The van der Waals surface area contributed by atoms with Crippen LogP contribution >= 0.6 is 0 Å². The molecule has 24 heavy (non-hydrogen) atoms. The number of nitrogens with zero attached hydrogens (tertiary/aromatic N) is 1. The molecule has 0 saturated carbocycles. The average Bonchev–Trinajstić information content (AvgIpc) is 2.92. The lowest BCUT2D eigenvalue weighted by molar-refractivity contribution is 0.0922. The third kappa shape index (κ3) is 3.46. The first-order chi connectivity index (χ1) is 11.6. The molecule has 1 aromatic heterocycles. The summed E-state index contributed by atoms with van der Waals surface area (Å²) in [5, 5.41) is 3.55. The summed E-state index contributed by atoms with van der Waals surface area (Å²) in [6.45, 7) is 6.80. The number of aryl methyl sites for hydroxylation is 1. The predicted molar refractivity (Wildman–Crippen MR) is 92.7 cm³/mol. The molecule has 1 aromatic carbocycles. The maximum atomic E-state index is 13.8. The van der Waals surface area contributed by atoms with Gasteiger partial charge < -0.3 is 14.6 Å². The van der Waals surface area contributed by atoms with E-state index in [1.807, 2.05) is 0 Å². The minimum atomic E-state index is -0.436. The van der Waals surface area contributed by atoms with Gasteiger partial charge >= 0.3 is 0 Å². The van der Waals surface area contributed by atoms with E-state index in [-0.39, 0.29) is 17.3 Å². The Morgan fingerprint density at radius 3 is 3.00 bits per heavy atom. The molecule has 0 unspecified atom stereocenters. The second-order valence-electron chi connectivity index (χ2n) is 6.66. The van der Waals surface area contributed by atoms with Crippen molar-refractivity contribution in [1.82, 2.24) is 10.2 Å². The fourth-order valence-electron chi connectivity index (χ4n) is 3.48. The molecule has 5 heteroatoms. The first kappa shape index (κ1) is 17.0. The number of carbonyl (C=O) groups excluding carboxylic acids is 1. The number of rotatable bonds is 5. The van der Waals surface area contributed by atoms with Crippen LogP contribution in [0.25, 0.3) is 11.0 Å². The van der Waals surface area contributed by atoms with Gasteiger partial charge in [-0.05, 0) is 45.7 Å². The fraction of sp³-hybridized carbons (Fsp3) is 0.526. The van der Waals surface area contributed by atoms with E-state index in [1.165, 1.54) is 25.3 Å². The summed E-state index contributed by atoms with van der Waals surface area (Å²) >= 11 is 0. The molecule has 2 heterocycles. The Balaban J connectivity index is 1.56. The number of para-hydroxylation sites is 1. The number of furan rings is 1. The second-order valence-corrected chi connectivity index (χ2v) is 6.66. The number of hydrogen-bond acceptors (Lipinski definition) is 3. The van der Waals surface area contributed by atoms with E-state index in [9.17, 15) is 9.18 Å². The molecule has 1 amide bonds. The van der Waals surface area contributed by atoms with Gasteiger partial charge in [-0.2, -0.15) is 0 Å². The Kier molecular flexibility index (Phi) is 5.19. The minimum Gasteiger partial charge on any atom is -0.448 e. The maximum absolute atomic E-state index is 13.8. The lowest BCUT2D eigenvalue weighted by Crippen LogP contribution is -2.39. The van der Waals surface area contributed by atoms with E-state index in [0.29, 0.717) is 23.5 Å². The van der Waals surface area contributed by atoms with Crippen molar-refractivity contribution in [2.24, 2.45) is 0 Å². The highest BCUT2D eigenvalue weighted by Crippen LogP contribution is 2.27. The van der Waals surface area contributed by atoms with Gasteiger partial charge in [-0.25, -0.2) is 4.39 Å². The molecule has 0 bridgehead atoms. The topological polar surface area (TPSA) is 45.5 Å². The number of likely N-dealkylation sites (tertiary alicyclic amines) is 1. The van der Waals surface area contributed by atoms with Crippen LogP contribution in [0, 0.1) is 12.7 Å². The number of carbonyl (C=O) groups is 1. The molecular formula is C19H25FN2O2. The van der Waals surface area contributed by atoms with E-state index in [1.54, 1.807) is 19.1 Å². The highest BCUT2D eigenvalue weighted by molar-refractivity contribution is 5.98. The first-order valence-corrected chi connectivity index (χ1v) is 8.78. The summed E-state index contributed by atoms with van der Waals surface area (Å²) in [5.74, 6) is -0.495. The molecular weight excluding hydrogens is 307 g/mol. The zero-order chi connectivity index (χ0) is 17.1. The molecule has 1 fully saturated rings. The van der Waals surface area contributed by atoms with Crippen LogP contribution in [-0.2, 0) is 0 Å². The number of nitrogens with one attached hydrogen (secondary N) is 1. The monoisotopic (exact) mass is 332 g/mol. The van der Waals surface area contributed by atoms with Gasteiger partial charge in [-0.1, -0.05) is 18.6 Å². The molecule has 1 saturated heterocycles. The summed E-state index contributed by atoms with van der Waals surface area (Å²) in [6, 6.07) is 5.37. The predicted octanol–water partition coefficient (Wildman–Crippen LogP) is 3.87. The van der Waals surface area contributed by atoms with Gasteiger partial charge in [-0.3, -0.25) is 4.79 Å². The first-order valence-electron chi connectivity index (χ1n) is 8.78. The van der Waals surface area contributed by atoms with Crippen molar-refractivity contribution in [3.63, 3.8) is 0 Å². The Morgan fingerprint density at radius 2 is 2.25 bits per heavy atom. The maximum Gasteiger partial charge on any atom is 0.287 e. The van der Waals surface area contributed by atoms with Gasteiger partial charge in [0.2, 0.25) is 0 Å². The van der Waals surface area contributed by atoms with Crippen molar-refractivity contribution in [3.8, 4) is 0 Å². The van der Waals surface area contributed by atoms with E-state index in [4.69, 9.17) is 4.42 Å². The fourth-order valence-corrected chi connectivity index (χ4v) is 3.48. The average molecular weight is 332 g/mol. The van der Waals surface area contributed by atoms with Crippen molar-refractivity contribution in [3.05, 3.63) is 35.3 Å². The summed E-state index contributed by atoms with van der Waals surface area (Å²) in [6.07, 6.45) is 4.75. The second kappa shape index (κ2) is 7.34. The van der Waals surface area contributed by atoms with E-state index in [0.717, 1.165) is 19.5 Å². The Labute approximate surface area is 142 Å². The number of amides is 1. The smallest absolute Gasteiger partial charge is 0.287 e. The quantitative estimate of drug-likeness (QED) is 0.845. The molecule has 1 N–H and O–H groups in total. The molecule has 0 radical (unpaired) electrons. The molecule has 1 atom stereocenters. The number of benzene rings is 1. The number of piperidine rings is 1. The van der Waals surface area contributed by atoms with Crippen LogP contribution in [-0.4, -0.2) is 36.5 Å². The summed E-state index contributed by atoms with van der Waals surface area (Å²) in [5.41, 5.74) is 0.842. The highest BCUT2D eigenvalue weighted by Gasteiger charge is 2.20. The molecule has 4 nitrogen and oxygen atoms in total. The molecule has 0 spiro atoms. The third-order valence-electron chi connectivity index (χ3n) is 4.97. The van der Waals surface area contributed by atoms with Gasteiger partial charge in [0.15, 0.2) is 17.2 Å². The largest absolute Gasteiger partial charge is 0.448 e. The summed E-state index contributed by atoms with van der Waals surface area (Å²) in [7, 11) is 0. The summed E-state index contributed by atoms with van der Waals surface area (Å²) < 4.78 is 19.2. The van der Waals surface area contributed by atoms with Crippen LogP contribution in [0.2, 0.25) is 0 Å². The zero-order valence-electron chi connectivity index (χ0n) is 14.4. The highest BCUT2D eigenvalue weighted by atomic mass is 19.1. The Morgan fingerprint density at radius 1 is 1.42 bits per heavy atom. The standard InChI is InChI=1S/C19H25FN2O2/c1-13-7-3-4-11-22(13)12-6-10-21-19(23)17-14(2)15-8-5-9-16(20)18(15)24-17/h5,8-9,13H,3-4,6-7,10-12H2,1-2H3,(H,21,23)/t13-/m0/s1. The van der Waals surface area contributed by atoms with Crippen molar-refractivity contribution in [2.75, 3.05) is 19.6 Å². The number of hydrogen-bond donors (Lipinski definition) is 1.